The van der Waals surface area contributed by atoms with Crippen molar-refractivity contribution in [2.45, 2.75) is 53.1 Å². The van der Waals surface area contributed by atoms with Crippen molar-refractivity contribution < 1.29 is 4.74 Å². The van der Waals surface area contributed by atoms with Gasteiger partial charge in [0.05, 0.1) is 6.61 Å². The van der Waals surface area contributed by atoms with Crippen molar-refractivity contribution in [2.24, 2.45) is 5.92 Å². The van der Waals surface area contributed by atoms with E-state index in [0.717, 1.165) is 18.5 Å². The minimum atomic E-state index is 0.0823. The van der Waals surface area contributed by atoms with Crippen molar-refractivity contribution in [1.82, 2.24) is 10.3 Å². The van der Waals surface area contributed by atoms with Gasteiger partial charge in [0, 0.05) is 18.3 Å². The van der Waals surface area contributed by atoms with Crippen LogP contribution in [0.2, 0.25) is 5.02 Å². The standard InChI is InChI=1S/C15H25ClN2O/c1-11(2)6-7-19-14-13(16)8-12(9-17-14)10-18-15(3,4)5/h8-9,11,18H,6-7,10H2,1-5H3. The molecule has 0 saturated carbocycles. The quantitative estimate of drug-likeness (QED) is 0.856. The molecule has 0 radical (unpaired) electrons. The second-order valence-corrected chi connectivity index (χ2v) is 6.67. The van der Waals surface area contributed by atoms with E-state index >= 15 is 0 Å². The van der Waals surface area contributed by atoms with Gasteiger partial charge in [0.25, 0.3) is 0 Å². The lowest BCUT2D eigenvalue weighted by Crippen LogP contribution is -2.35. The summed E-state index contributed by atoms with van der Waals surface area (Å²) in [6.45, 7) is 12.1. The molecule has 0 unspecified atom stereocenters. The number of hydrogen-bond donors (Lipinski definition) is 1. The number of ether oxygens (including phenoxy) is 1. The highest BCUT2D eigenvalue weighted by Crippen LogP contribution is 2.23. The summed E-state index contributed by atoms with van der Waals surface area (Å²) >= 11 is 6.18. The van der Waals surface area contributed by atoms with Crippen molar-refractivity contribution in [3.63, 3.8) is 0 Å². The zero-order chi connectivity index (χ0) is 14.5. The molecule has 0 aliphatic carbocycles. The number of aromatic nitrogens is 1. The molecular weight excluding hydrogens is 260 g/mol. The first-order valence-corrected chi connectivity index (χ1v) is 7.18. The zero-order valence-electron chi connectivity index (χ0n) is 12.6. The molecule has 19 heavy (non-hydrogen) atoms. The maximum absolute atomic E-state index is 6.18. The van der Waals surface area contributed by atoms with Gasteiger partial charge in [-0.15, -0.1) is 0 Å². The number of nitrogens with one attached hydrogen (secondary N) is 1. The Balaban J connectivity index is 2.54. The molecule has 3 nitrogen and oxygen atoms in total. The smallest absolute Gasteiger partial charge is 0.232 e. The Kier molecular flexibility index (Phi) is 6.08. The molecular formula is C15H25ClN2O. The largest absolute Gasteiger partial charge is 0.477 e. The summed E-state index contributed by atoms with van der Waals surface area (Å²) < 4.78 is 5.58. The Morgan fingerprint density at radius 3 is 2.58 bits per heavy atom. The van der Waals surface area contributed by atoms with Gasteiger partial charge in [0.1, 0.15) is 5.02 Å². The van der Waals surface area contributed by atoms with E-state index in [0.29, 0.717) is 23.4 Å². The van der Waals surface area contributed by atoms with Crippen molar-refractivity contribution >= 4 is 11.6 Å². The highest BCUT2D eigenvalue weighted by molar-refractivity contribution is 6.31. The van der Waals surface area contributed by atoms with Crippen LogP contribution in [0.5, 0.6) is 5.88 Å². The zero-order valence-corrected chi connectivity index (χ0v) is 13.3. The van der Waals surface area contributed by atoms with Crippen LogP contribution in [0, 0.1) is 5.92 Å². The van der Waals surface area contributed by atoms with Crippen LogP contribution in [0.1, 0.15) is 46.6 Å². The van der Waals surface area contributed by atoms with E-state index in [4.69, 9.17) is 16.3 Å². The van der Waals surface area contributed by atoms with E-state index in [9.17, 15) is 0 Å². The summed E-state index contributed by atoms with van der Waals surface area (Å²) in [5.74, 6) is 1.15. The fourth-order valence-electron chi connectivity index (χ4n) is 1.43. The minimum absolute atomic E-state index is 0.0823. The molecule has 1 rings (SSSR count). The van der Waals surface area contributed by atoms with E-state index in [2.05, 4.69) is 44.9 Å². The molecule has 4 heteroatoms. The molecule has 0 saturated heterocycles. The van der Waals surface area contributed by atoms with E-state index < -0.39 is 0 Å². The number of halogens is 1. The Morgan fingerprint density at radius 1 is 1.37 bits per heavy atom. The monoisotopic (exact) mass is 284 g/mol. The minimum Gasteiger partial charge on any atom is -0.477 e. The van der Waals surface area contributed by atoms with Crippen LogP contribution in [-0.2, 0) is 6.54 Å². The molecule has 0 spiro atoms. The van der Waals surface area contributed by atoms with E-state index in [1.165, 1.54) is 0 Å². The Morgan fingerprint density at radius 2 is 2.05 bits per heavy atom. The third-order valence-electron chi connectivity index (χ3n) is 2.62. The molecule has 0 aromatic carbocycles. The normalized spacial score (nSPS) is 11.9. The van der Waals surface area contributed by atoms with Gasteiger partial charge < -0.3 is 10.1 Å². The van der Waals surface area contributed by atoms with Gasteiger partial charge in [0.15, 0.2) is 0 Å². The van der Waals surface area contributed by atoms with Crippen molar-refractivity contribution in [1.29, 1.82) is 0 Å². The van der Waals surface area contributed by atoms with Gasteiger partial charge in [-0.05, 0) is 44.7 Å². The summed E-state index contributed by atoms with van der Waals surface area (Å²) in [5.41, 5.74) is 1.15. The van der Waals surface area contributed by atoms with E-state index in [1.54, 1.807) is 0 Å². The Bertz CT molecular complexity index is 400. The van der Waals surface area contributed by atoms with Gasteiger partial charge in [-0.2, -0.15) is 0 Å². The van der Waals surface area contributed by atoms with Crippen LogP contribution in [0.3, 0.4) is 0 Å². The van der Waals surface area contributed by atoms with E-state index in [1.807, 2.05) is 12.3 Å². The maximum Gasteiger partial charge on any atom is 0.232 e. The van der Waals surface area contributed by atoms with E-state index in [-0.39, 0.29) is 5.54 Å². The average Bonchev–Trinajstić information content (AvgIpc) is 2.27. The van der Waals surface area contributed by atoms with Gasteiger partial charge in [-0.25, -0.2) is 4.98 Å². The maximum atomic E-state index is 6.18. The lowest BCUT2D eigenvalue weighted by molar-refractivity contribution is 0.279. The average molecular weight is 285 g/mol. The van der Waals surface area contributed by atoms with Crippen LogP contribution in [0.15, 0.2) is 12.3 Å². The summed E-state index contributed by atoms with van der Waals surface area (Å²) in [4.78, 5) is 4.28. The molecule has 0 bridgehead atoms. The van der Waals surface area contributed by atoms with Gasteiger partial charge in [0.2, 0.25) is 5.88 Å². The number of rotatable bonds is 6. The number of pyridine rings is 1. The van der Waals surface area contributed by atoms with Crippen molar-refractivity contribution in [3.8, 4) is 5.88 Å². The van der Waals surface area contributed by atoms with Gasteiger partial charge in [-0.3, -0.25) is 0 Å². The van der Waals surface area contributed by atoms with Gasteiger partial charge >= 0.3 is 0 Å². The highest BCUT2D eigenvalue weighted by Gasteiger charge is 2.10. The van der Waals surface area contributed by atoms with Gasteiger partial charge in [-0.1, -0.05) is 25.4 Å². The van der Waals surface area contributed by atoms with Crippen molar-refractivity contribution in [3.05, 3.63) is 22.8 Å². The fraction of sp³-hybridized carbons (Fsp3) is 0.667. The summed E-state index contributed by atoms with van der Waals surface area (Å²) in [5, 5.41) is 3.98. The first kappa shape index (κ1) is 16.3. The summed E-state index contributed by atoms with van der Waals surface area (Å²) in [6.07, 6.45) is 2.82. The second-order valence-electron chi connectivity index (χ2n) is 6.27. The number of nitrogens with zero attached hydrogens (tertiary/aromatic N) is 1. The molecule has 1 N–H and O–H groups in total. The van der Waals surface area contributed by atoms with Crippen molar-refractivity contribution in [2.75, 3.05) is 6.61 Å². The first-order valence-electron chi connectivity index (χ1n) is 6.80. The molecule has 0 fully saturated rings. The van der Waals surface area contributed by atoms with Crippen LogP contribution in [0.4, 0.5) is 0 Å². The summed E-state index contributed by atoms with van der Waals surface area (Å²) in [6, 6.07) is 1.91. The second kappa shape index (κ2) is 7.11. The number of hydrogen-bond acceptors (Lipinski definition) is 3. The molecule has 0 amide bonds. The van der Waals surface area contributed by atoms with Crippen LogP contribution in [0.25, 0.3) is 0 Å². The fourth-order valence-corrected chi connectivity index (χ4v) is 1.67. The van der Waals surface area contributed by atoms with Crippen LogP contribution < -0.4 is 10.1 Å². The molecule has 1 aromatic rings. The van der Waals surface area contributed by atoms with Crippen LogP contribution in [-0.4, -0.2) is 17.1 Å². The molecule has 0 aliphatic rings. The highest BCUT2D eigenvalue weighted by atomic mass is 35.5. The molecule has 1 aromatic heterocycles. The molecule has 1 heterocycles. The third kappa shape index (κ3) is 6.79. The molecule has 0 aliphatic heterocycles. The Hall–Kier alpha value is -0.800. The SMILES string of the molecule is CC(C)CCOc1ncc(CNC(C)(C)C)cc1Cl. The first-order chi connectivity index (χ1) is 8.78. The lowest BCUT2D eigenvalue weighted by atomic mass is 10.1. The molecule has 108 valence electrons. The predicted molar refractivity (Wildman–Crippen MR) is 80.8 cm³/mol. The lowest BCUT2D eigenvalue weighted by Gasteiger charge is -2.20. The topological polar surface area (TPSA) is 34.1 Å². The summed E-state index contributed by atoms with van der Waals surface area (Å²) in [7, 11) is 0. The van der Waals surface area contributed by atoms with Crippen LogP contribution >= 0.6 is 11.6 Å². The predicted octanol–water partition coefficient (Wildman–Crippen LogP) is 4.05. The third-order valence-corrected chi connectivity index (χ3v) is 2.89. The molecule has 0 atom stereocenters. The Labute approximate surface area is 121 Å².